The maximum atomic E-state index is 14.4. The number of amides is 1. The Balaban J connectivity index is 1.79. The number of ether oxygens (including phenoxy) is 1. The van der Waals surface area contributed by atoms with E-state index in [4.69, 9.17) is 4.74 Å². The van der Waals surface area contributed by atoms with Gasteiger partial charge in [0.15, 0.2) is 11.6 Å². The van der Waals surface area contributed by atoms with Crippen LogP contribution in [0.2, 0.25) is 0 Å². The maximum absolute atomic E-state index is 14.4. The van der Waals surface area contributed by atoms with Crippen molar-refractivity contribution in [3.05, 3.63) is 29.3 Å². The Morgan fingerprint density at radius 1 is 1.23 bits per heavy atom. The molecule has 144 valence electrons. The van der Waals surface area contributed by atoms with E-state index in [9.17, 15) is 13.6 Å². The SMILES string of the molecule is COc1ccc(C(=O)N2CCCN(CC3CC3)[C@H](C(C)C)C2)c(F)c1F. The first-order valence-corrected chi connectivity index (χ1v) is 9.47. The highest BCUT2D eigenvalue weighted by atomic mass is 19.2. The second-order valence-corrected chi connectivity index (χ2v) is 7.80. The molecule has 0 radical (unpaired) electrons. The summed E-state index contributed by atoms with van der Waals surface area (Å²) in [7, 11) is 1.27. The molecule has 0 spiro atoms. The first kappa shape index (κ1) is 19.1. The summed E-state index contributed by atoms with van der Waals surface area (Å²) in [6.45, 7) is 7.46. The molecule has 0 N–H and O–H groups in total. The normalized spacial score (nSPS) is 21.8. The predicted molar refractivity (Wildman–Crippen MR) is 96.4 cm³/mol. The Morgan fingerprint density at radius 2 is 1.96 bits per heavy atom. The smallest absolute Gasteiger partial charge is 0.256 e. The highest BCUT2D eigenvalue weighted by Crippen LogP contribution is 2.32. The second kappa shape index (κ2) is 7.91. The zero-order chi connectivity index (χ0) is 18.8. The Morgan fingerprint density at radius 3 is 2.58 bits per heavy atom. The third-order valence-corrected chi connectivity index (χ3v) is 5.49. The van der Waals surface area contributed by atoms with Crippen LogP contribution in [0.3, 0.4) is 0 Å². The quantitative estimate of drug-likeness (QED) is 0.799. The molecule has 3 rings (SSSR count). The van der Waals surface area contributed by atoms with Crippen molar-refractivity contribution in [2.75, 3.05) is 33.3 Å². The van der Waals surface area contributed by atoms with Gasteiger partial charge in [-0.25, -0.2) is 4.39 Å². The third-order valence-electron chi connectivity index (χ3n) is 5.49. The van der Waals surface area contributed by atoms with E-state index in [1.165, 1.54) is 32.1 Å². The van der Waals surface area contributed by atoms with Crippen molar-refractivity contribution < 1.29 is 18.3 Å². The van der Waals surface area contributed by atoms with Gasteiger partial charge in [0, 0.05) is 32.2 Å². The van der Waals surface area contributed by atoms with Gasteiger partial charge >= 0.3 is 0 Å². The molecule has 2 fully saturated rings. The van der Waals surface area contributed by atoms with Crippen molar-refractivity contribution >= 4 is 5.91 Å². The van der Waals surface area contributed by atoms with Gasteiger partial charge in [-0.1, -0.05) is 13.8 Å². The number of methoxy groups -OCH3 is 1. The molecule has 1 saturated carbocycles. The van der Waals surface area contributed by atoms with Crippen LogP contribution in [0.25, 0.3) is 0 Å². The van der Waals surface area contributed by atoms with Gasteiger partial charge in [-0.2, -0.15) is 4.39 Å². The van der Waals surface area contributed by atoms with Crippen LogP contribution in [0, 0.1) is 23.5 Å². The summed E-state index contributed by atoms with van der Waals surface area (Å²) in [6.07, 6.45) is 3.43. The summed E-state index contributed by atoms with van der Waals surface area (Å²) in [4.78, 5) is 17.1. The van der Waals surface area contributed by atoms with E-state index < -0.39 is 17.5 Å². The maximum Gasteiger partial charge on any atom is 0.256 e. The van der Waals surface area contributed by atoms with Crippen LogP contribution in [0.15, 0.2) is 12.1 Å². The molecule has 4 nitrogen and oxygen atoms in total. The number of halogens is 2. The Kier molecular flexibility index (Phi) is 5.80. The number of nitrogens with zero attached hydrogens (tertiary/aromatic N) is 2. The summed E-state index contributed by atoms with van der Waals surface area (Å²) in [5, 5.41) is 0. The highest BCUT2D eigenvalue weighted by molar-refractivity contribution is 5.94. The average Bonchev–Trinajstić information content (AvgIpc) is 3.44. The largest absolute Gasteiger partial charge is 0.494 e. The van der Waals surface area contributed by atoms with E-state index in [1.54, 1.807) is 4.90 Å². The molecule has 26 heavy (non-hydrogen) atoms. The van der Waals surface area contributed by atoms with Crippen molar-refractivity contribution in [2.24, 2.45) is 11.8 Å². The number of rotatable bonds is 5. The minimum absolute atomic E-state index is 0.189. The van der Waals surface area contributed by atoms with Crippen molar-refractivity contribution in [1.29, 1.82) is 0 Å². The molecule has 1 atom stereocenters. The fraction of sp³-hybridized carbons (Fsp3) is 0.650. The standard InChI is InChI=1S/C20H28F2N2O2/c1-13(2)16-12-24(10-4-9-23(16)11-14-5-6-14)20(25)15-7-8-17(26-3)19(22)18(15)21/h7-8,13-14,16H,4-6,9-12H2,1-3H3/t16-/m0/s1. The van der Waals surface area contributed by atoms with Gasteiger partial charge in [0.2, 0.25) is 5.82 Å². The molecule has 0 unspecified atom stereocenters. The molecule has 0 aromatic heterocycles. The van der Waals surface area contributed by atoms with Gasteiger partial charge in [0.1, 0.15) is 0 Å². The first-order valence-electron chi connectivity index (χ1n) is 9.47. The molecule has 1 aliphatic heterocycles. The fourth-order valence-electron chi connectivity index (χ4n) is 3.76. The lowest BCUT2D eigenvalue weighted by Gasteiger charge is -2.34. The summed E-state index contributed by atoms with van der Waals surface area (Å²) in [5.74, 6) is -1.70. The predicted octanol–water partition coefficient (Wildman–Crippen LogP) is 3.56. The first-order chi connectivity index (χ1) is 12.4. The highest BCUT2D eigenvalue weighted by Gasteiger charge is 2.34. The van der Waals surface area contributed by atoms with Gasteiger partial charge in [-0.05, 0) is 43.2 Å². The molecule has 6 heteroatoms. The zero-order valence-electron chi connectivity index (χ0n) is 15.8. The molecule has 1 aromatic carbocycles. The van der Waals surface area contributed by atoms with E-state index in [0.29, 0.717) is 19.0 Å². The topological polar surface area (TPSA) is 32.8 Å². The summed E-state index contributed by atoms with van der Waals surface area (Å²) in [5.41, 5.74) is -0.221. The van der Waals surface area contributed by atoms with Crippen LogP contribution in [-0.4, -0.2) is 55.0 Å². The van der Waals surface area contributed by atoms with E-state index >= 15 is 0 Å². The van der Waals surface area contributed by atoms with Crippen molar-refractivity contribution in [3.8, 4) is 5.75 Å². The van der Waals surface area contributed by atoms with Gasteiger partial charge in [0.25, 0.3) is 5.91 Å². The molecule has 1 aliphatic carbocycles. The third kappa shape index (κ3) is 4.00. The molecule has 1 aromatic rings. The van der Waals surface area contributed by atoms with Crippen LogP contribution >= 0.6 is 0 Å². The minimum Gasteiger partial charge on any atom is -0.494 e. The van der Waals surface area contributed by atoms with Crippen LogP contribution in [0.5, 0.6) is 5.75 Å². The Hall–Kier alpha value is -1.69. The van der Waals surface area contributed by atoms with Gasteiger partial charge in [-0.15, -0.1) is 0 Å². The monoisotopic (exact) mass is 366 g/mol. The van der Waals surface area contributed by atoms with Crippen LogP contribution in [-0.2, 0) is 0 Å². The van der Waals surface area contributed by atoms with E-state index in [-0.39, 0.29) is 17.4 Å². The molecule has 1 saturated heterocycles. The lowest BCUT2D eigenvalue weighted by molar-refractivity contribution is 0.0698. The molecule has 2 aliphatic rings. The van der Waals surface area contributed by atoms with Crippen LogP contribution < -0.4 is 4.74 Å². The average molecular weight is 366 g/mol. The van der Waals surface area contributed by atoms with Gasteiger partial charge in [-0.3, -0.25) is 9.69 Å². The summed E-state index contributed by atoms with van der Waals surface area (Å²) in [6, 6.07) is 2.87. The number of hydrogen-bond acceptors (Lipinski definition) is 3. The van der Waals surface area contributed by atoms with E-state index in [2.05, 4.69) is 18.7 Å². The molecule has 1 amide bonds. The number of hydrogen-bond donors (Lipinski definition) is 0. The Labute approximate surface area is 154 Å². The van der Waals surface area contributed by atoms with Gasteiger partial charge < -0.3 is 9.64 Å². The molecular weight excluding hydrogens is 338 g/mol. The molecule has 1 heterocycles. The number of carbonyl (C=O) groups is 1. The lowest BCUT2D eigenvalue weighted by atomic mass is 10.0. The second-order valence-electron chi connectivity index (χ2n) is 7.80. The minimum atomic E-state index is -1.13. The van der Waals surface area contributed by atoms with Crippen molar-refractivity contribution in [2.45, 2.75) is 39.2 Å². The van der Waals surface area contributed by atoms with Crippen molar-refractivity contribution in [1.82, 2.24) is 9.80 Å². The fourth-order valence-corrected chi connectivity index (χ4v) is 3.76. The van der Waals surface area contributed by atoms with Crippen LogP contribution in [0.1, 0.15) is 43.5 Å². The lowest BCUT2D eigenvalue weighted by Crippen LogP contribution is -2.46. The summed E-state index contributed by atoms with van der Waals surface area (Å²) < 4.78 is 33.1. The van der Waals surface area contributed by atoms with E-state index in [0.717, 1.165) is 25.4 Å². The number of benzene rings is 1. The van der Waals surface area contributed by atoms with Crippen molar-refractivity contribution in [3.63, 3.8) is 0 Å². The molecule has 0 bridgehead atoms. The Bertz CT molecular complexity index is 661. The summed E-state index contributed by atoms with van der Waals surface area (Å²) >= 11 is 0. The van der Waals surface area contributed by atoms with Gasteiger partial charge in [0.05, 0.1) is 12.7 Å². The van der Waals surface area contributed by atoms with E-state index in [1.807, 2.05) is 0 Å². The molecular formula is C20H28F2N2O2. The zero-order valence-corrected chi connectivity index (χ0v) is 15.8. The number of carbonyl (C=O) groups excluding carboxylic acids is 1. The van der Waals surface area contributed by atoms with Crippen LogP contribution in [0.4, 0.5) is 8.78 Å².